The van der Waals surface area contributed by atoms with Crippen LogP contribution in [0.5, 0.6) is 23.0 Å². The number of nitrogens with zero attached hydrogens (tertiary/aromatic N) is 2. The highest BCUT2D eigenvalue weighted by Crippen LogP contribution is 2.40. The van der Waals surface area contributed by atoms with Crippen molar-refractivity contribution in [1.82, 2.24) is 9.80 Å². The third-order valence-electron chi connectivity index (χ3n) is 8.23. The van der Waals surface area contributed by atoms with Gasteiger partial charge in [-0.05, 0) is 61.2 Å². The topological polar surface area (TPSA) is 104 Å². The fourth-order valence-corrected chi connectivity index (χ4v) is 5.86. The molecule has 3 amide bonds. The Morgan fingerprint density at radius 1 is 0.878 bits per heavy atom. The summed E-state index contributed by atoms with van der Waals surface area (Å²) in [5, 5.41) is 0. The zero-order valence-corrected chi connectivity index (χ0v) is 27.9. The van der Waals surface area contributed by atoms with Crippen molar-refractivity contribution >= 4 is 24.0 Å². The van der Waals surface area contributed by atoms with Gasteiger partial charge in [0.05, 0.1) is 19.8 Å². The predicted octanol–water partition coefficient (Wildman–Crippen LogP) is 6.68. The second-order valence-corrected chi connectivity index (χ2v) is 12.1. The van der Waals surface area contributed by atoms with E-state index >= 15 is 0 Å². The van der Waals surface area contributed by atoms with Crippen molar-refractivity contribution < 1.29 is 38.1 Å². The fourth-order valence-electron chi connectivity index (χ4n) is 5.86. The van der Waals surface area contributed by atoms with E-state index in [-0.39, 0.29) is 32.1 Å². The van der Waals surface area contributed by atoms with Crippen LogP contribution in [0.2, 0.25) is 0 Å². The van der Waals surface area contributed by atoms with Crippen molar-refractivity contribution in [2.24, 2.45) is 0 Å². The van der Waals surface area contributed by atoms with Crippen LogP contribution in [-0.4, -0.2) is 53.8 Å². The molecule has 4 aromatic carbocycles. The number of fused-ring (bicyclic) bond motifs is 1. The highest BCUT2D eigenvalue weighted by Gasteiger charge is 2.47. The van der Waals surface area contributed by atoms with Crippen LogP contribution < -0.4 is 18.9 Å². The average molecular weight is 663 g/mol. The van der Waals surface area contributed by atoms with Crippen LogP contribution in [0.3, 0.4) is 0 Å². The number of hydrogen-bond acceptors (Lipinski definition) is 8. The lowest BCUT2D eigenvalue weighted by atomic mass is 9.97. The highest BCUT2D eigenvalue weighted by atomic mass is 16.7. The summed E-state index contributed by atoms with van der Waals surface area (Å²) in [5.41, 5.74) is 3.81. The second kappa shape index (κ2) is 14.6. The van der Waals surface area contributed by atoms with Crippen molar-refractivity contribution in [2.45, 2.75) is 52.5 Å². The maximum Gasteiger partial charge on any atom is 0.417 e. The minimum Gasteiger partial charge on any atom is -0.496 e. The number of ether oxygens (including phenoxy) is 5. The van der Waals surface area contributed by atoms with Crippen LogP contribution in [0.4, 0.5) is 4.79 Å². The molecule has 6 rings (SSSR count). The molecule has 2 aliphatic heterocycles. The average Bonchev–Trinajstić information content (AvgIpc) is 3.55. The van der Waals surface area contributed by atoms with Crippen LogP contribution >= 0.6 is 0 Å². The predicted molar refractivity (Wildman–Crippen MR) is 182 cm³/mol. The number of aryl methyl sites for hydroxylation is 1. The molecule has 252 valence electrons. The van der Waals surface area contributed by atoms with Gasteiger partial charge in [-0.3, -0.25) is 9.59 Å². The number of imide groups is 1. The Morgan fingerprint density at radius 3 is 2.20 bits per heavy atom. The normalized spacial score (nSPS) is 16.3. The number of amides is 3. The quantitative estimate of drug-likeness (QED) is 0.173. The molecule has 1 unspecified atom stereocenters. The lowest BCUT2D eigenvalue weighted by Crippen LogP contribution is -2.61. The summed E-state index contributed by atoms with van der Waals surface area (Å²) < 4.78 is 28.5. The Kier molecular flexibility index (Phi) is 9.84. The molecule has 0 spiro atoms. The second-order valence-electron chi connectivity index (χ2n) is 12.1. The largest absolute Gasteiger partial charge is 0.496 e. The van der Waals surface area contributed by atoms with Gasteiger partial charge in [-0.15, -0.1) is 0 Å². The molecule has 4 aromatic rings. The molecule has 1 saturated heterocycles. The van der Waals surface area contributed by atoms with E-state index in [1.807, 2.05) is 79.7 Å². The van der Waals surface area contributed by atoms with E-state index in [0.29, 0.717) is 28.6 Å². The summed E-state index contributed by atoms with van der Waals surface area (Å²) in [5.74, 6) is 0.948. The molecule has 0 radical (unpaired) electrons. The molecule has 10 nitrogen and oxygen atoms in total. The molecule has 0 bridgehead atoms. The Hall–Kier alpha value is -5.77. The van der Waals surface area contributed by atoms with Crippen molar-refractivity contribution in [2.75, 3.05) is 13.9 Å². The number of benzene rings is 4. The van der Waals surface area contributed by atoms with Crippen LogP contribution in [0, 0.1) is 6.92 Å². The van der Waals surface area contributed by atoms with E-state index in [1.54, 1.807) is 45.2 Å². The van der Waals surface area contributed by atoms with Crippen LogP contribution in [-0.2, 0) is 33.9 Å². The van der Waals surface area contributed by atoms with Gasteiger partial charge < -0.3 is 28.6 Å². The molecule has 1 atom stereocenters. The summed E-state index contributed by atoms with van der Waals surface area (Å²) >= 11 is 0. The molecule has 10 heteroatoms. The fraction of sp³-hybridized carbons (Fsp3) is 0.256. The minimum atomic E-state index is -1.17. The molecule has 0 aromatic heterocycles. The molecule has 1 fully saturated rings. The highest BCUT2D eigenvalue weighted by molar-refractivity contribution is 6.13. The molecule has 0 N–H and O–H groups in total. The molecular formula is C39H38N2O8. The Labute approximate surface area is 285 Å². The SMILES string of the molecule is COc1ccc(CC2C(=O)N(Cc3ccccc3)/C(=C\c3cc4c(cc3OCc3ccccc3)OCO4)C(=O)N2C(=O)OC(C)C)cc1C. The minimum absolute atomic E-state index is 0.0138. The number of carbonyl (C=O) groups excluding carboxylic acids is 3. The number of methoxy groups -OCH3 is 1. The van der Waals surface area contributed by atoms with Gasteiger partial charge in [-0.25, -0.2) is 9.69 Å². The summed E-state index contributed by atoms with van der Waals surface area (Å²) in [7, 11) is 1.59. The summed E-state index contributed by atoms with van der Waals surface area (Å²) in [4.78, 5) is 45.3. The lowest BCUT2D eigenvalue weighted by molar-refractivity contribution is -0.149. The van der Waals surface area contributed by atoms with Crippen molar-refractivity contribution in [3.8, 4) is 23.0 Å². The van der Waals surface area contributed by atoms with Gasteiger partial charge in [0.25, 0.3) is 11.8 Å². The standard InChI is InChI=1S/C39H38N2O8/c1-25(2)49-39(44)41-32(18-29-15-16-33(45-4)26(3)17-29)37(42)40(22-27-11-7-5-8-12-27)31(38(41)43)19-30-20-35-36(48-24-47-35)21-34(30)46-23-28-13-9-6-10-14-28/h5-17,19-21,25,32H,18,22-24H2,1-4H3/b31-19-. The molecule has 2 aliphatic rings. The number of hydrogen-bond donors (Lipinski definition) is 0. The van der Waals surface area contributed by atoms with Gasteiger partial charge in [0.15, 0.2) is 11.5 Å². The third kappa shape index (κ3) is 7.38. The number of piperazine rings is 1. The van der Waals surface area contributed by atoms with E-state index in [1.165, 1.54) is 4.90 Å². The molecule has 49 heavy (non-hydrogen) atoms. The van der Waals surface area contributed by atoms with Gasteiger partial charge in [0.2, 0.25) is 6.79 Å². The summed E-state index contributed by atoms with van der Waals surface area (Å²) in [6, 6.07) is 26.8. The number of rotatable bonds is 10. The van der Waals surface area contributed by atoms with Crippen molar-refractivity contribution in [3.05, 3.63) is 125 Å². The zero-order chi connectivity index (χ0) is 34.5. The molecular weight excluding hydrogens is 624 g/mol. The van der Waals surface area contributed by atoms with Gasteiger partial charge in [-0.1, -0.05) is 72.8 Å². The first-order chi connectivity index (χ1) is 23.7. The third-order valence-corrected chi connectivity index (χ3v) is 8.23. The zero-order valence-electron chi connectivity index (χ0n) is 27.9. The van der Waals surface area contributed by atoms with E-state index < -0.39 is 30.1 Å². The van der Waals surface area contributed by atoms with E-state index in [4.69, 9.17) is 23.7 Å². The maximum absolute atomic E-state index is 14.7. The first-order valence-corrected chi connectivity index (χ1v) is 16.1. The van der Waals surface area contributed by atoms with Gasteiger partial charge >= 0.3 is 6.09 Å². The molecule has 2 heterocycles. The van der Waals surface area contributed by atoms with E-state index in [9.17, 15) is 14.4 Å². The smallest absolute Gasteiger partial charge is 0.417 e. The number of carbonyl (C=O) groups is 3. The van der Waals surface area contributed by atoms with Crippen molar-refractivity contribution in [3.63, 3.8) is 0 Å². The van der Waals surface area contributed by atoms with E-state index in [0.717, 1.165) is 27.2 Å². The summed E-state index contributed by atoms with van der Waals surface area (Å²) in [6.07, 6.45) is 0.215. The Balaban J connectivity index is 1.45. The first-order valence-electron chi connectivity index (χ1n) is 16.1. The van der Waals surface area contributed by atoms with Gasteiger partial charge in [0.1, 0.15) is 29.8 Å². The monoisotopic (exact) mass is 662 g/mol. The van der Waals surface area contributed by atoms with Crippen LogP contribution in [0.25, 0.3) is 6.08 Å². The van der Waals surface area contributed by atoms with Crippen molar-refractivity contribution in [1.29, 1.82) is 0 Å². The lowest BCUT2D eigenvalue weighted by Gasteiger charge is -2.40. The van der Waals surface area contributed by atoms with Gasteiger partial charge in [-0.2, -0.15) is 0 Å². The van der Waals surface area contributed by atoms with Gasteiger partial charge in [0, 0.05) is 18.1 Å². The van der Waals surface area contributed by atoms with E-state index in [2.05, 4.69) is 0 Å². The van der Waals surface area contributed by atoms with Crippen LogP contribution in [0.15, 0.2) is 96.7 Å². The Bertz CT molecular complexity index is 1870. The summed E-state index contributed by atoms with van der Waals surface area (Å²) in [6.45, 7) is 5.65. The van der Waals surface area contributed by atoms with Crippen LogP contribution in [0.1, 0.15) is 41.7 Å². The molecule has 0 aliphatic carbocycles. The first kappa shape index (κ1) is 33.1. The maximum atomic E-state index is 14.7. The molecule has 0 saturated carbocycles. The Morgan fingerprint density at radius 2 is 1.55 bits per heavy atom.